The van der Waals surface area contributed by atoms with Crippen molar-refractivity contribution >= 4 is 17.7 Å². The molecule has 0 radical (unpaired) electrons. The second kappa shape index (κ2) is 9.29. The lowest BCUT2D eigenvalue weighted by Gasteiger charge is -2.37. The maximum Gasteiger partial charge on any atom is 0.227 e. The van der Waals surface area contributed by atoms with Gasteiger partial charge in [-0.05, 0) is 56.7 Å². The van der Waals surface area contributed by atoms with Gasteiger partial charge in [0.15, 0.2) is 0 Å². The number of amides is 1. The van der Waals surface area contributed by atoms with Crippen LogP contribution in [-0.2, 0) is 11.3 Å². The Balaban J connectivity index is 1.33. The normalized spacial score (nSPS) is 20.7. The van der Waals surface area contributed by atoms with E-state index in [1.165, 1.54) is 19.3 Å². The second-order valence-corrected chi connectivity index (χ2v) is 8.02. The quantitative estimate of drug-likeness (QED) is 0.806. The van der Waals surface area contributed by atoms with Crippen LogP contribution < -0.4 is 15.1 Å². The molecule has 1 atom stereocenters. The third-order valence-corrected chi connectivity index (χ3v) is 6.19. The standard InChI is InChI=1S/C22H31N5O2/c1-2-18-6-3-4-12-27(18)20-8-11-23-22(25-20)26-13-9-17(10-14-26)21(28)24-16-19-7-5-15-29-19/h5,7-8,11,15,17-18H,2-4,6,9-10,12-14,16H2,1H3,(H,24,28). The molecule has 4 heterocycles. The van der Waals surface area contributed by atoms with Crippen LogP contribution in [0.2, 0.25) is 0 Å². The molecule has 0 bridgehead atoms. The van der Waals surface area contributed by atoms with E-state index in [9.17, 15) is 4.79 Å². The topological polar surface area (TPSA) is 74.5 Å². The van der Waals surface area contributed by atoms with Crippen LogP contribution >= 0.6 is 0 Å². The Labute approximate surface area is 172 Å². The largest absolute Gasteiger partial charge is 0.467 e. The fourth-order valence-electron chi connectivity index (χ4n) is 4.45. The number of nitrogens with one attached hydrogen (secondary N) is 1. The predicted molar refractivity (Wildman–Crippen MR) is 113 cm³/mol. The highest BCUT2D eigenvalue weighted by atomic mass is 16.3. The van der Waals surface area contributed by atoms with Crippen LogP contribution in [0.1, 0.15) is 51.2 Å². The Morgan fingerprint density at radius 3 is 2.83 bits per heavy atom. The highest BCUT2D eigenvalue weighted by molar-refractivity contribution is 5.78. The minimum absolute atomic E-state index is 0.0379. The minimum Gasteiger partial charge on any atom is -0.467 e. The highest BCUT2D eigenvalue weighted by Gasteiger charge is 2.27. The van der Waals surface area contributed by atoms with Crippen molar-refractivity contribution in [1.82, 2.24) is 15.3 Å². The molecule has 2 aromatic heterocycles. The van der Waals surface area contributed by atoms with Gasteiger partial charge in [-0.25, -0.2) is 4.98 Å². The summed E-state index contributed by atoms with van der Waals surface area (Å²) < 4.78 is 5.28. The van der Waals surface area contributed by atoms with Gasteiger partial charge in [0.25, 0.3) is 0 Å². The zero-order valence-corrected chi connectivity index (χ0v) is 17.2. The number of hydrogen-bond acceptors (Lipinski definition) is 6. The maximum absolute atomic E-state index is 12.5. The van der Waals surface area contributed by atoms with Gasteiger partial charge in [0, 0.05) is 37.8 Å². The molecule has 7 heteroatoms. The molecule has 1 unspecified atom stereocenters. The van der Waals surface area contributed by atoms with Crippen molar-refractivity contribution < 1.29 is 9.21 Å². The lowest BCUT2D eigenvalue weighted by atomic mass is 9.96. The second-order valence-electron chi connectivity index (χ2n) is 8.02. The van der Waals surface area contributed by atoms with Crippen LogP contribution in [0.4, 0.5) is 11.8 Å². The summed E-state index contributed by atoms with van der Waals surface area (Å²) in [6.07, 6.45) is 10.1. The van der Waals surface area contributed by atoms with E-state index in [4.69, 9.17) is 9.40 Å². The summed E-state index contributed by atoms with van der Waals surface area (Å²) in [4.78, 5) is 26.5. The summed E-state index contributed by atoms with van der Waals surface area (Å²) in [5.41, 5.74) is 0. The third kappa shape index (κ3) is 4.71. The van der Waals surface area contributed by atoms with E-state index in [-0.39, 0.29) is 11.8 Å². The van der Waals surface area contributed by atoms with Crippen molar-refractivity contribution in [3.8, 4) is 0 Å². The van der Waals surface area contributed by atoms with E-state index in [0.717, 1.165) is 56.4 Å². The number of furan rings is 1. The molecule has 0 aliphatic carbocycles. The van der Waals surface area contributed by atoms with Crippen LogP contribution in [0.25, 0.3) is 0 Å². The van der Waals surface area contributed by atoms with Crippen molar-refractivity contribution in [1.29, 1.82) is 0 Å². The van der Waals surface area contributed by atoms with E-state index in [0.29, 0.717) is 12.6 Å². The fourth-order valence-corrected chi connectivity index (χ4v) is 4.45. The highest BCUT2D eigenvalue weighted by Crippen LogP contribution is 2.27. The number of rotatable bonds is 6. The van der Waals surface area contributed by atoms with Gasteiger partial charge in [-0.15, -0.1) is 0 Å². The first-order chi connectivity index (χ1) is 14.2. The molecule has 2 aromatic rings. The Morgan fingerprint density at radius 1 is 1.21 bits per heavy atom. The molecule has 1 amide bonds. The molecule has 2 aliphatic rings. The SMILES string of the molecule is CCC1CCCCN1c1ccnc(N2CCC(C(=O)NCc3ccco3)CC2)n1. The van der Waals surface area contributed by atoms with Crippen molar-refractivity contribution in [2.75, 3.05) is 29.4 Å². The smallest absolute Gasteiger partial charge is 0.227 e. The predicted octanol–water partition coefficient (Wildman–Crippen LogP) is 3.37. The maximum atomic E-state index is 12.5. The molecule has 0 aromatic carbocycles. The zero-order chi connectivity index (χ0) is 20.1. The Morgan fingerprint density at radius 2 is 2.07 bits per heavy atom. The number of nitrogens with zero attached hydrogens (tertiary/aromatic N) is 4. The number of anilines is 2. The van der Waals surface area contributed by atoms with E-state index >= 15 is 0 Å². The van der Waals surface area contributed by atoms with Crippen molar-refractivity contribution in [2.45, 2.75) is 58.0 Å². The van der Waals surface area contributed by atoms with Gasteiger partial charge in [-0.1, -0.05) is 6.92 Å². The summed E-state index contributed by atoms with van der Waals surface area (Å²) in [6.45, 7) is 5.39. The van der Waals surface area contributed by atoms with E-state index in [2.05, 4.69) is 27.0 Å². The molecule has 156 valence electrons. The number of aromatic nitrogens is 2. The molecule has 0 saturated carbocycles. The lowest BCUT2D eigenvalue weighted by Crippen LogP contribution is -2.42. The first kappa shape index (κ1) is 19.7. The van der Waals surface area contributed by atoms with Gasteiger partial charge < -0.3 is 19.5 Å². The average Bonchev–Trinajstić information content (AvgIpc) is 3.31. The fraction of sp³-hybridized carbons (Fsp3) is 0.591. The van der Waals surface area contributed by atoms with Crippen molar-refractivity contribution in [3.05, 3.63) is 36.4 Å². The summed E-state index contributed by atoms with van der Waals surface area (Å²) in [5, 5.41) is 2.98. The monoisotopic (exact) mass is 397 g/mol. The van der Waals surface area contributed by atoms with Gasteiger partial charge in [0.05, 0.1) is 12.8 Å². The van der Waals surface area contributed by atoms with E-state index in [1.807, 2.05) is 24.4 Å². The molecule has 2 fully saturated rings. The molecular formula is C22H31N5O2. The van der Waals surface area contributed by atoms with Gasteiger partial charge in [-0.3, -0.25) is 4.79 Å². The minimum atomic E-state index is 0.0379. The molecule has 2 aliphatic heterocycles. The Kier molecular flexibility index (Phi) is 6.32. The molecule has 2 saturated heterocycles. The zero-order valence-electron chi connectivity index (χ0n) is 17.2. The van der Waals surface area contributed by atoms with Gasteiger partial charge >= 0.3 is 0 Å². The average molecular weight is 398 g/mol. The van der Waals surface area contributed by atoms with Crippen molar-refractivity contribution in [3.63, 3.8) is 0 Å². The van der Waals surface area contributed by atoms with Gasteiger partial charge in [0.1, 0.15) is 11.6 Å². The number of piperidine rings is 2. The first-order valence-electron chi connectivity index (χ1n) is 10.9. The van der Waals surface area contributed by atoms with Crippen LogP contribution in [-0.4, -0.2) is 41.6 Å². The molecular weight excluding hydrogens is 366 g/mol. The van der Waals surface area contributed by atoms with Gasteiger partial charge in [-0.2, -0.15) is 4.98 Å². The van der Waals surface area contributed by atoms with Crippen LogP contribution in [0, 0.1) is 5.92 Å². The number of carbonyl (C=O) groups is 1. The molecule has 7 nitrogen and oxygen atoms in total. The number of hydrogen-bond donors (Lipinski definition) is 1. The first-order valence-corrected chi connectivity index (χ1v) is 10.9. The van der Waals surface area contributed by atoms with Crippen LogP contribution in [0.15, 0.2) is 35.1 Å². The summed E-state index contributed by atoms with van der Waals surface area (Å²) >= 11 is 0. The molecule has 4 rings (SSSR count). The Hall–Kier alpha value is -2.57. The summed E-state index contributed by atoms with van der Waals surface area (Å²) in [7, 11) is 0. The van der Waals surface area contributed by atoms with E-state index < -0.39 is 0 Å². The summed E-state index contributed by atoms with van der Waals surface area (Å²) in [6, 6.07) is 6.32. The molecule has 29 heavy (non-hydrogen) atoms. The number of carbonyl (C=O) groups excluding carboxylic acids is 1. The Bertz CT molecular complexity index is 786. The lowest BCUT2D eigenvalue weighted by molar-refractivity contribution is -0.125. The van der Waals surface area contributed by atoms with Gasteiger partial charge in [0.2, 0.25) is 11.9 Å². The molecule has 1 N–H and O–H groups in total. The van der Waals surface area contributed by atoms with Crippen LogP contribution in [0.5, 0.6) is 0 Å². The molecule has 0 spiro atoms. The van der Waals surface area contributed by atoms with Crippen molar-refractivity contribution in [2.24, 2.45) is 5.92 Å². The van der Waals surface area contributed by atoms with Crippen LogP contribution in [0.3, 0.4) is 0 Å². The van der Waals surface area contributed by atoms with E-state index in [1.54, 1.807) is 6.26 Å². The summed E-state index contributed by atoms with van der Waals surface area (Å²) in [5.74, 6) is 2.76. The third-order valence-electron chi connectivity index (χ3n) is 6.19.